The summed E-state index contributed by atoms with van der Waals surface area (Å²) in [4.78, 5) is 4.33. The number of aromatic nitrogens is 3. The molecule has 0 bridgehead atoms. The average molecular weight is 335 g/mol. The second-order valence-electron chi connectivity index (χ2n) is 5.62. The largest absolute Gasteiger partial charge is 0.416 e. The minimum Gasteiger partial charge on any atom is -0.368 e. The topological polar surface area (TPSA) is 54.2 Å². The van der Waals surface area contributed by atoms with Crippen molar-refractivity contribution < 1.29 is 13.2 Å². The van der Waals surface area contributed by atoms with Crippen LogP contribution in [-0.2, 0) is 6.18 Å². The second kappa shape index (κ2) is 6.03. The molecule has 0 fully saturated rings. The number of nitrogens with one attached hydrogen (secondary N) is 2. The molecule has 0 atom stereocenters. The van der Waals surface area contributed by atoms with E-state index in [0.29, 0.717) is 17.3 Å². The number of halogens is 3. The zero-order chi connectivity index (χ0) is 17.3. The first-order chi connectivity index (χ1) is 11.3. The lowest BCUT2D eigenvalue weighted by atomic mass is 10.2. The van der Waals surface area contributed by atoms with Gasteiger partial charge in [0.1, 0.15) is 5.82 Å². The minimum absolute atomic E-state index is 0.228. The van der Waals surface area contributed by atoms with Gasteiger partial charge >= 0.3 is 6.18 Å². The van der Waals surface area contributed by atoms with Gasteiger partial charge in [-0.05, 0) is 50.2 Å². The second-order valence-corrected chi connectivity index (χ2v) is 5.62. The summed E-state index contributed by atoms with van der Waals surface area (Å²) in [7, 11) is 0. The Labute approximate surface area is 136 Å². The standard InChI is InChI=1S/C16H16F3N5/c1-10(2)20-13-4-3-5-14-22-15(23-24(13)14)21-12-8-6-11(7-9-12)16(17,18)19/h3-10,20H,1-2H3,(H,21,23). The molecule has 1 aromatic carbocycles. The number of alkyl halides is 3. The van der Waals surface area contributed by atoms with Crippen LogP contribution in [0.2, 0.25) is 0 Å². The molecule has 2 N–H and O–H groups in total. The van der Waals surface area contributed by atoms with Crippen molar-refractivity contribution in [2.45, 2.75) is 26.1 Å². The van der Waals surface area contributed by atoms with Gasteiger partial charge in [0, 0.05) is 11.7 Å². The van der Waals surface area contributed by atoms with Crippen molar-refractivity contribution in [2.24, 2.45) is 0 Å². The zero-order valence-electron chi connectivity index (χ0n) is 13.1. The van der Waals surface area contributed by atoms with E-state index < -0.39 is 11.7 Å². The number of benzene rings is 1. The Morgan fingerprint density at radius 1 is 1.04 bits per heavy atom. The van der Waals surface area contributed by atoms with Gasteiger partial charge in [0.2, 0.25) is 5.95 Å². The maximum absolute atomic E-state index is 12.6. The lowest BCUT2D eigenvalue weighted by Crippen LogP contribution is -2.13. The number of fused-ring (bicyclic) bond motifs is 1. The van der Waals surface area contributed by atoms with Crippen LogP contribution < -0.4 is 10.6 Å². The molecule has 0 aliphatic rings. The predicted molar refractivity (Wildman–Crippen MR) is 86.5 cm³/mol. The van der Waals surface area contributed by atoms with Crippen LogP contribution in [0.25, 0.3) is 5.65 Å². The van der Waals surface area contributed by atoms with Crippen LogP contribution in [0.1, 0.15) is 19.4 Å². The molecular formula is C16H16F3N5. The monoisotopic (exact) mass is 335 g/mol. The van der Waals surface area contributed by atoms with Crippen LogP contribution >= 0.6 is 0 Å². The Morgan fingerprint density at radius 3 is 2.38 bits per heavy atom. The molecule has 0 aliphatic heterocycles. The molecule has 0 saturated carbocycles. The summed E-state index contributed by atoms with van der Waals surface area (Å²) in [6.07, 6.45) is -4.35. The van der Waals surface area contributed by atoms with Crippen LogP contribution in [0.15, 0.2) is 42.5 Å². The third-order valence-corrected chi connectivity index (χ3v) is 3.26. The van der Waals surface area contributed by atoms with Gasteiger partial charge in [-0.3, -0.25) is 0 Å². The summed E-state index contributed by atoms with van der Waals surface area (Å²) in [5, 5.41) is 10.5. The van der Waals surface area contributed by atoms with E-state index in [-0.39, 0.29) is 6.04 Å². The quantitative estimate of drug-likeness (QED) is 0.746. The number of nitrogens with zero attached hydrogens (tertiary/aromatic N) is 3. The van der Waals surface area contributed by atoms with Crippen molar-refractivity contribution in [3.63, 3.8) is 0 Å². The SMILES string of the molecule is CC(C)Nc1cccc2nc(Nc3ccc(C(F)(F)F)cc3)nn12. The molecule has 0 aliphatic carbocycles. The summed E-state index contributed by atoms with van der Waals surface area (Å²) in [6.45, 7) is 4.02. The van der Waals surface area contributed by atoms with E-state index in [9.17, 15) is 13.2 Å². The van der Waals surface area contributed by atoms with Gasteiger partial charge in [0.25, 0.3) is 0 Å². The van der Waals surface area contributed by atoms with Gasteiger partial charge in [-0.1, -0.05) is 6.07 Å². The Hall–Kier alpha value is -2.77. The van der Waals surface area contributed by atoms with Gasteiger partial charge in [0.15, 0.2) is 5.65 Å². The number of rotatable bonds is 4. The van der Waals surface area contributed by atoms with E-state index in [2.05, 4.69) is 20.7 Å². The summed E-state index contributed by atoms with van der Waals surface area (Å²) in [6, 6.07) is 10.5. The Morgan fingerprint density at radius 2 is 1.75 bits per heavy atom. The van der Waals surface area contributed by atoms with Crippen LogP contribution in [-0.4, -0.2) is 20.6 Å². The van der Waals surface area contributed by atoms with Crippen molar-refractivity contribution in [3.8, 4) is 0 Å². The van der Waals surface area contributed by atoms with Crippen molar-refractivity contribution in [3.05, 3.63) is 48.0 Å². The fourth-order valence-corrected chi connectivity index (χ4v) is 2.23. The van der Waals surface area contributed by atoms with E-state index in [1.165, 1.54) is 12.1 Å². The molecule has 3 rings (SSSR count). The van der Waals surface area contributed by atoms with Crippen LogP contribution in [0.3, 0.4) is 0 Å². The fourth-order valence-electron chi connectivity index (χ4n) is 2.23. The molecule has 0 unspecified atom stereocenters. The van der Waals surface area contributed by atoms with Gasteiger partial charge in [-0.2, -0.15) is 22.7 Å². The van der Waals surface area contributed by atoms with Crippen molar-refractivity contribution in [1.29, 1.82) is 0 Å². The molecule has 8 heteroatoms. The van der Waals surface area contributed by atoms with Crippen molar-refractivity contribution in [2.75, 3.05) is 10.6 Å². The first kappa shape index (κ1) is 16.1. The average Bonchev–Trinajstić information content (AvgIpc) is 2.90. The van der Waals surface area contributed by atoms with Gasteiger partial charge in [-0.15, -0.1) is 5.10 Å². The number of hydrogen-bond donors (Lipinski definition) is 2. The zero-order valence-corrected chi connectivity index (χ0v) is 13.1. The van der Waals surface area contributed by atoms with E-state index in [1.807, 2.05) is 26.0 Å². The maximum Gasteiger partial charge on any atom is 0.416 e. The number of hydrogen-bond acceptors (Lipinski definition) is 4. The van der Waals surface area contributed by atoms with E-state index in [0.717, 1.165) is 18.0 Å². The van der Waals surface area contributed by atoms with Crippen molar-refractivity contribution in [1.82, 2.24) is 14.6 Å². The van der Waals surface area contributed by atoms with Gasteiger partial charge < -0.3 is 10.6 Å². The molecular weight excluding hydrogens is 319 g/mol. The molecule has 24 heavy (non-hydrogen) atoms. The van der Waals surface area contributed by atoms with Crippen LogP contribution in [0.4, 0.5) is 30.6 Å². The highest BCUT2D eigenvalue weighted by Gasteiger charge is 2.29. The minimum atomic E-state index is -4.35. The first-order valence-corrected chi connectivity index (χ1v) is 7.39. The molecule has 2 heterocycles. The molecule has 3 aromatic rings. The van der Waals surface area contributed by atoms with E-state index in [1.54, 1.807) is 10.6 Å². The lowest BCUT2D eigenvalue weighted by molar-refractivity contribution is -0.137. The molecule has 2 aromatic heterocycles. The summed E-state index contributed by atoms with van der Waals surface area (Å²) in [5.41, 5.74) is 0.423. The summed E-state index contributed by atoms with van der Waals surface area (Å²) < 4.78 is 39.4. The molecule has 0 spiro atoms. The van der Waals surface area contributed by atoms with E-state index >= 15 is 0 Å². The predicted octanol–water partition coefficient (Wildman–Crippen LogP) is 4.31. The smallest absolute Gasteiger partial charge is 0.368 e. The summed E-state index contributed by atoms with van der Waals surface area (Å²) in [5.74, 6) is 1.10. The molecule has 0 radical (unpaired) electrons. The third kappa shape index (κ3) is 3.42. The Bertz CT molecular complexity index is 837. The molecule has 126 valence electrons. The van der Waals surface area contributed by atoms with Crippen LogP contribution in [0.5, 0.6) is 0 Å². The fraction of sp³-hybridized carbons (Fsp3) is 0.250. The van der Waals surface area contributed by atoms with Crippen molar-refractivity contribution >= 4 is 23.1 Å². The van der Waals surface area contributed by atoms with Gasteiger partial charge in [-0.25, -0.2) is 0 Å². The lowest BCUT2D eigenvalue weighted by Gasteiger charge is -2.10. The Balaban J connectivity index is 1.85. The maximum atomic E-state index is 12.6. The molecule has 5 nitrogen and oxygen atoms in total. The molecule has 0 saturated heterocycles. The highest BCUT2D eigenvalue weighted by atomic mass is 19.4. The highest BCUT2D eigenvalue weighted by molar-refractivity contribution is 5.58. The molecule has 0 amide bonds. The summed E-state index contributed by atoms with van der Waals surface area (Å²) >= 11 is 0. The Kier molecular flexibility index (Phi) is 4.04. The van der Waals surface area contributed by atoms with E-state index in [4.69, 9.17) is 0 Å². The number of anilines is 3. The first-order valence-electron chi connectivity index (χ1n) is 7.39. The van der Waals surface area contributed by atoms with Crippen LogP contribution in [0, 0.1) is 0 Å². The number of pyridine rings is 1. The highest BCUT2D eigenvalue weighted by Crippen LogP contribution is 2.30. The normalized spacial score (nSPS) is 11.9. The van der Waals surface area contributed by atoms with Gasteiger partial charge in [0.05, 0.1) is 5.56 Å². The third-order valence-electron chi connectivity index (χ3n) is 3.26.